The maximum Gasteiger partial charge on any atom is 0.407 e. The lowest BCUT2D eigenvalue weighted by Crippen LogP contribution is -2.48. The maximum absolute atomic E-state index is 12.6. The lowest BCUT2D eigenvalue weighted by molar-refractivity contribution is -0.144. The van der Waals surface area contributed by atoms with Crippen LogP contribution in [0.25, 0.3) is 11.1 Å². The average Bonchev–Trinajstić information content (AvgIpc) is 3.13. The molecule has 0 bridgehead atoms. The first-order valence-electron chi connectivity index (χ1n) is 11.1. The molecule has 0 aliphatic heterocycles. The summed E-state index contributed by atoms with van der Waals surface area (Å²) in [4.78, 5) is 36.2. The number of ether oxygens (including phenoxy) is 2. The Morgan fingerprint density at radius 2 is 1.64 bits per heavy atom. The van der Waals surface area contributed by atoms with Crippen LogP contribution < -0.4 is 10.6 Å². The molecule has 0 aromatic heterocycles. The highest BCUT2D eigenvalue weighted by molar-refractivity contribution is 5.85. The second kappa shape index (κ2) is 11.5. The van der Waals surface area contributed by atoms with Crippen molar-refractivity contribution in [2.45, 2.75) is 31.7 Å². The van der Waals surface area contributed by atoms with Crippen molar-refractivity contribution in [3.05, 3.63) is 59.7 Å². The molecule has 3 N–H and O–H groups in total. The second-order valence-electron chi connectivity index (χ2n) is 8.05. The first-order chi connectivity index (χ1) is 16.0. The van der Waals surface area contributed by atoms with Crippen LogP contribution >= 0.6 is 0 Å². The molecule has 2 aromatic rings. The van der Waals surface area contributed by atoms with Gasteiger partial charge >= 0.3 is 12.1 Å². The zero-order chi connectivity index (χ0) is 23.8. The van der Waals surface area contributed by atoms with E-state index in [2.05, 4.69) is 22.8 Å². The van der Waals surface area contributed by atoms with Crippen molar-refractivity contribution in [3.8, 4) is 11.1 Å². The molecule has 33 heavy (non-hydrogen) atoms. The van der Waals surface area contributed by atoms with E-state index in [4.69, 9.17) is 9.47 Å². The molecule has 2 amide bonds. The van der Waals surface area contributed by atoms with Crippen LogP contribution in [0.1, 0.15) is 36.8 Å². The van der Waals surface area contributed by atoms with Crippen molar-refractivity contribution >= 4 is 18.0 Å². The summed E-state index contributed by atoms with van der Waals surface area (Å²) in [6.07, 6.45) is 0.582. The minimum absolute atomic E-state index is 0.0513. The molecule has 0 saturated heterocycles. The number of carboxylic acids is 1. The Labute approximate surface area is 193 Å². The van der Waals surface area contributed by atoms with E-state index in [-0.39, 0.29) is 25.7 Å². The molecular weight excluding hydrogens is 424 g/mol. The van der Waals surface area contributed by atoms with Crippen molar-refractivity contribution < 1.29 is 29.0 Å². The van der Waals surface area contributed by atoms with Crippen LogP contribution in [0, 0.1) is 5.92 Å². The summed E-state index contributed by atoms with van der Waals surface area (Å²) in [7, 11) is 1.37. The van der Waals surface area contributed by atoms with Crippen LogP contribution in [0.4, 0.5) is 4.79 Å². The Morgan fingerprint density at radius 1 is 1.03 bits per heavy atom. The molecule has 8 heteroatoms. The van der Waals surface area contributed by atoms with Gasteiger partial charge in [-0.2, -0.15) is 0 Å². The first-order valence-corrected chi connectivity index (χ1v) is 11.1. The minimum Gasteiger partial charge on any atom is -0.480 e. The molecule has 0 saturated carbocycles. The van der Waals surface area contributed by atoms with Crippen molar-refractivity contribution in [2.75, 3.05) is 26.9 Å². The van der Waals surface area contributed by atoms with Gasteiger partial charge < -0.3 is 25.2 Å². The van der Waals surface area contributed by atoms with Crippen LogP contribution in [0.2, 0.25) is 0 Å². The topological polar surface area (TPSA) is 114 Å². The number of carbonyl (C=O) groups is 3. The third-order valence-corrected chi connectivity index (χ3v) is 5.79. The number of amides is 2. The number of alkyl carbamates (subject to hydrolysis) is 1. The summed E-state index contributed by atoms with van der Waals surface area (Å²) in [5.74, 6) is -2.25. The first kappa shape index (κ1) is 24.3. The Bertz CT molecular complexity index is 947. The van der Waals surface area contributed by atoms with Crippen molar-refractivity contribution in [1.82, 2.24) is 10.6 Å². The Balaban J connectivity index is 1.57. The molecule has 0 heterocycles. The number of hydrogen-bond acceptors (Lipinski definition) is 5. The number of carboxylic acid groups (broad SMARTS) is 1. The van der Waals surface area contributed by atoms with Gasteiger partial charge in [0.15, 0.2) is 6.04 Å². The van der Waals surface area contributed by atoms with Crippen LogP contribution in [0.15, 0.2) is 48.5 Å². The summed E-state index contributed by atoms with van der Waals surface area (Å²) in [6.45, 7) is 2.01. The molecular formula is C25H30N2O6. The van der Waals surface area contributed by atoms with Crippen LogP contribution in [-0.4, -0.2) is 56.0 Å². The van der Waals surface area contributed by atoms with Gasteiger partial charge in [0.2, 0.25) is 5.91 Å². The van der Waals surface area contributed by atoms with Crippen molar-refractivity contribution in [1.29, 1.82) is 0 Å². The van der Waals surface area contributed by atoms with E-state index in [9.17, 15) is 19.5 Å². The molecule has 2 atom stereocenters. The number of carbonyl (C=O) groups excluding carboxylic acids is 2. The molecule has 1 aliphatic rings. The van der Waals surface area contributed by atoms with E-state index in [0.29, 0.717) is 12.8 Å². The predicted molar refractivity (Wildman–Crippen MR) is 123 cm³/mol. The molecule has 0 fully saturated rings. The number of fused-ring (bicyclic) bond motifs is 3. The molecule has 3 rings (SSSR count). The maximum atomic E-state index is 12.6. The standard InChI is InChI=1S/C25H30N2O6/c1-3-8-16(23(28)27-22(15-32-2)24(29)30)13-26-25(31)33-14-21-19-11-6-4-9-17(19)18-10-5-7-12-20(18)21/h4-7,9-12,16,21-22H,3,8,13-15H2,1-2H3,(H,26,31)(H,27,28)(H,29,30). The van der Waals surface area contributed by atoms with Gasteiger partial charge in [0, 0.05) is 19.6 Å². The van der Waals surface area contributed by atoms with Gasteiger partial charge in [0.25, 0.3) is 0 Å². The predicted octanol–water partition coefficient (Wildman–Crippen LogP) is 3.16. The normalized spacial score (nSPS) is 14.0. The largest absolute Gasteiger partial charge is 0.480 e. The van der Waals surface area contributed by atoms with Gasteiger partial charge in [-0.25, -0.2) is 9.59 Å². The van der Waals surface area contributed by atoms with Gasteiger partial charge in [-0.1, -0.05) is 61.9 Å². The summed E-state index contributed by atoms with van der Waals surface area (Å²) >= 11 is 0. The van der Waals surface area contributed by atoms with Crippen LogP contribution in [-0.2, 0) is 19.1 Å². The highest BCUT2D eigenvalue weighted by Crippen LogP contribution is 2.44. The molecule has 1 aliphatic carbocycles. The van der Waals surface area contributed by atoms with Crippen LogP contribution in [0.3, 0.4) is 0 Å². The molecule has 8 nitrogen and oxygen atoms in total. The fourth-order valence-electron chi connectivity index (χ4n) is 4.16. The second-order valence-corrected chi connectivity index (χ2v) is 8.05. The molecule has 0 spiro atoms. The van der Waals surface area contributed by atoms with Gasteiger partial charge in [0.1, 0.15) is 6.61 Å². The zero-order valence-corrected chi connectivity index (χ0v) is 18.9. The monoisotopic (exact) mass is 454 g/mol. The fraction of sp³-hybridized carbons (Fsp3) is 0.400. The summed E-state index contributed by atoms with van der Waals surface area (Å²) in [5, 5.41) is 14.3. The van der Waals surface area contributed by atoms with Crippen molar-refractivity contribution in [2.24, 2.45) is 5.92 Å². The van der Waals surface area contributed by atoms with Crippen LogP contribution in [0.5, 0.6) is 0 Å². The van der Waals surface area contributed by atoms with E-state index >= 15 is 0 Å². The average molecular weight is 455 g/mol. The number of rotatable bonds is 11. The third-order valence-electron chi connectivity index (χ3n) is 5.79. The SMILES string of the molecule is CCCC(CNC(=O)OCC1c2ccccc2-c2ccccc21)C(=O)NC(COC)C(=O)O. The number of benzene rings is 2. The molecule has 176 valence electrons. The zero-order valence-electron chi connectivity index (χ0n) is 18.9. The van der Waals surface area contributed by atoms with Gasteiger partial charge in [-0.05, 0) is 28.7 Å². The van der Waals surface area contributed by atoms with Gasteiger partial charge in [0.05, 0.1) is 12.5 Å². The fourth-order valence-corrected chi connectivity index (χ4v) is 4.16. The number of hydrogen-bond donors (Lipinski definition) is 3. The molecule has 2 unspecified atom stereocenters. The number of nitrogens with one attached hydrogen (secondary N) is 2. The lowest BCUT2D eigenvalue weighted by Gasteiger charge is -2.20. The van der Waals surface area contributed by atoms with Crippen molar-refractivity contribution in [3.63, 3.8) is 0 Å². The van der Waals surface area contributed by atoms with E-state index in [1.807, 2.05) is 43.3 Å². The Kier molecular flexibility index (Phi) is 8.43. The summed E-state index contributed by atoms with van der Waals surface area (Å²) in [5.41, 5.74) is 4.52. The highest BCUT2D eigenvalue weighted by Gasteiger charge is 2.29. The van der Waals surface area contributed by atoms with Gasteiger partial charge in [-0.15, -0.1) is 0 Å². The number of methoxy groups -OCH3 is 1. The summed E-state index contributed by atoms with van der Waals surface area (Å²) in [6, 6.07) is 15.0. The van der Waals surface area contributed by atoms with E-state index in [1.54, 1.807) is 0 Å². The summed E-state index contributed by atoms with van der Waals surface area (Å²) < 4.78 is 10.4. The van der Waals surface area contributed by atoms with E-state index in [1.165, 1.54) is 7.11 Å². The minimum atomic E-state index is -1.18. The molecule has 0 radical (unpaired) electrons. The smallest absolute Gasteiger partial charge is 0.407 e. The van der Waals surface area contributed by atoms with Gasteiger partial charge in [-0.3, -0.25) is 4.79 Å². The highest BCUT2D eigenvalue weighted by atomic mass is 16.5. The lowest BCUT2D eigenvalue weighted by atomic mass is 9.98. The third kappa shape index (κ3) is 5.90. The number of aliphatic carboxylic acids is 1. The quantitative estimate of drug-likeness (QED) is 0.481. The Hall–Kier alpha value is -3.39. The molecule has 2 aromatic carbocycles. The Morgan fingerprint density at radius 3 is 2.18 bits per heavy atom. The van der Waals surface area contributed by atoms with E-state index < -0.39 is 29.9 Å². The van der Waals surface area contributed by atoms with E-state index in [0.717, 1.165) is 22.3 Å².